The van der Waals surface area contributed by atoms with Crippen molar-refractivity contribution in [2.75, 3.05) is 0 Å². The Morgan fingerprint density at radius 2 is 1.82 bits per heavy atom. The number of ether oxygens (including phenoxy) is 1. The van der Waals surface area contributed by atoms with Crippen LogP contribution in [0, 0.1) is 6.92 Å². The van der Waals surface area contributed by atoms with Crippen molar-refractivity contribution in [3.63, 3.8) is 0 Å². The molecule has 0 bridgehead atoms. The smallest absolute Gasteiger partial charge is 0.142 e. The second kappa shape index (κ2) is 4.10. The van der Waals surface area contributed by atoms with Gasteiger partial charge in [-0.05, 0) is 30.7 Å². The Labute approximate surface area is 101 Å². The maximum atomic E-state index is 5.99. The zero-order chi connectivity index (χ0) is 11.7. The van der Waals surface area contributed by atoms with Crippen LogP contribution in [0.15, 0.2) is 54.6 Å². The summed E-state index contributed by atoms with van der Waals surface area (Å²) in [6.45, 7) is 2.09. The molecule has 0 spiro atoms. The van der Waals surface area contributed by atoms with Gasteiger partial charge < -0.3 is 4.74 Å². The van der Waals surface area contributed by atoms with Gasteiger partial charge in [0, 0.05) is 5.56 Å². The fourth-order valence-electron chi connectivity index (χ4n) is 2.09. The molecule has 1 unspecified atom stereocenters. The maximum absolute atomic E-state index is 5.99. The highest BCUT2D eigenvalue weighted by molar-refractivity contribution is 5.61. The molecule has 1 aliphatic rings. The number of rotatable bonds is 1. The van der Waals surface area contributed by atoms with E-state index in [1.165, 1.54) is 11.1 Å². The van der Waals surface area contributed by atoms with Gasteiger partial charge in [0.15, 0.2) is 0 Å². The predicted molar refractivity (Wildman–Crippen MR) is 70.0 cm³/mol. The van der Waals surface area contributed by atoms with Gasteiger partial charge in [-0.25, -0.2) is 0 Å². The minimum Gasteiger partial charge on any atom is -0.481 e. The normalized spacial score (nSPS) is 17.4. The van der Waals surface area contributed by atoms with Gasteiger partial charge in [-0.15, -0.1) is 0 Å². The van der Waals surface area contributed by atoms with Gasteiger partial charge in [0.2, 0.25) is 0 Å². The molecule has 84 valence electrons. The first-order valence-electron chi connectivity index (χ1n) is 5.83. The zero-order valence-electron chi connectivity index (χ0n) is 9.76. The van der Waals surface area contributed by atoms with Crippen molar-refractivity contribution < 1.29 is 4.74 Å². The molecule has 1 heteroatoms. The minimum absolute atomic E-state index is 0.0337. The first kappa shape index (κ1) is 10.2. The summed E-state index contributed by atoms with van der Waals surface area (Å²) in [7, 11) is 0. The zero-order valence-corrected chi connectivity index (χ0v) is 9.76. The van der Waals surface area contributed by atoms with Gasteiger partial charge in [-0.2, -0.15) is 0 Å². The summed E-state index contributed by atoms with van der Waals surface area (Å²) in [5.74, 6) is 0.965. The molecule has 0 aliphatic carbocycles. The van der Waals surface area contributed by atoms with Crippen LogP contribution < -0.4 is 4.74 Å². The van der Waals surface area contributed by atoms with E-state index >= 15 is 0 Å². The molecule has 2 aromatic rings. The Balaban J connectivity index is 1.94. The van der Waals surface area contributed by atoms with Crippen molar-refractivity contribution in [2.45, 2.75) is 13.0 Å². The van der Waals surface area contributed by atoms with E-state index in [0.29, 0.717) is 0 Å². The lowest BCUT2D eigenvalue weighted by molar-refractivity contribution is 0.251. The van der Waals surface area contributed by atoms with E-state index in [4.69, 9.17) is 4.74 Å². The molecule has 1 aliphatic heterocycles. The minimum atomic E-state index is 0.0337. The third-order valence-corrected chi connectivity index (χ3v) is 3.00. The second-order valence-electron chi connectivity index (χ2n) is 4.35. The third kappa shape index (κ3) is 1.96. The molecular formula is C16H14O. The molecule has 1 nitrogen and oxygen atoms in total. The summed E-state index contributed by atoms with van der Waals surface area (Å²) in [5.41, 5.74) is 3.61. The Morgan fingerprint density at radius 1 is 1.00 bits per heavy atom. The largest absolute Gasteiger partial charge is 0.481 e. The first-order valence-corrected chi connectivity index (χ1v) is 5.83. The van der Waals surface area contributed by atoms with E-state index in [9.17, 15) is 0 Å². The molecule has 0 aromatic heterocycles. The number of fused-ring (bicyclic) bond motifs is 1. The Bertz CT molecular complexity index is 555. The molecule has 0 amide bonds. The fraction of sp³-hybridized carbons (Fsp3) is 0.125. The monoisotopic (exact) mass is 222 g/mol. The van der Waals surface area contributed by atoms with Crippen LogP contribution in [0.5, 0.6) is 5.75 Å². The maximum Gasteiger partial charge on any atom is 0.142 e. The van der Waals surface area contributed by atoms with E-state index in [2.05, 4.69) is 43.3 Å². The second-order valence-corrected chi connectivity index (χ2v) is 4.35. The molecule has 0 saturated heterocycles. The number of aryl methyl sites for hydroxylation is 1. The molecule has 0 N–H and O–H groups in total. The molecule has 0 radical (unpaired) electrons. The average molecular weight is 222 g/mol. The van der Waals surface area contributed by atoms with Crippen molar-refractivity contribution in [3.05, 3.63) is 71.3 Å². The predicted octanol–water partition coefficient (Wildman–Crippen LogP) is 4.14. The summed E-state index contributed by atoms with van der Waals surface area (Å²) in [6, 6.07) is 16.6. The molecule has 0 saturated carbocycles. The van der Waals surface area contributed by atoms with Crippen LogP contribution >= 0.6 is 0 Å². The Hall–Kier alpha value is -2.02. The van der Waals surface area contributed by atoms with Crippen LogP contribution in [0.3, 0.4) is 0 Å². The lowest BCUT2D eigenvalue weighted by atomic mass is 10.0. The van der Waals surface area contributed by atoms with E-state index in [1.807, 2.05) is 24.3 Å². The highest BCUT2D eigenvalue weighted by atomic mass is 16.5. The third-order valence-electron chi connectivity index (χ3n) is 3.00. The Kier molecular flexibility index (Phi) is 2.45. The molecule has 1 atom stereocenters. The van der Waals surface area contributed by atoms with Crippen molar-refractivity contribution in [1.29, 1.82) is 0 Å². The first-order chi connectivity index (χ1) is 8.33. The van der Waals surface area contributed by atoms with Crippen molar-refractivity contribution in [3.8, 4) is 5.75 Å². The van der Waals surface area contributed by atoms with Gasteiger partial charge in [0.25, 0.3) is 0 Å². The standard InChI is InChI=1S/C16H14O/c1-12-7-9-16-14(11-12)8-10-15(17-16)13-5-3-2-4-6-13/h2-11,15H,1H3. The number of hydrogen-bond acceptors (Lipinski definition) is 1. The molecule has 0 fully saturated rings. The van der Waals surface area contributed by atoms with Gasteiger partial charge in [-0.1, -0.05) is 48.0 Å². The summed E-state index contributed by atoms with van der Waals surface area (Å²) < 4.78 is 5.99. The van der Waals surface area contributed by atoms with Crippen LogP contribution in [0.2, 0.25) is 0 Å². The lowest BCUT2D eigenvalue weighted by Crippen LogP contribution is -2.08. The molecular weight excluding hydrogens is 208 g/mol. The van der Waals surface area contributed by atoms with Gasteiger partial charge in [0.05, 0.1) is 0 Å². The highest BCUT2D eigenvalue weighted by Crippen LogP contribution is 2.32. The van der Waals surface area contributed by atoms with Gasteiger partial charge in [0.1, 0.15) is 11.9 Å². The Morgan fingerprint density at radius 3 is 2.65 bits per heavy atom. The van der Waals surface area contributed by atoms with E-state index in [1.54, 1.807) is 0 Å². The molecule has 1 heterocycles. The summed E-state index contributed by atoms with van der Waals surface area (Å²) >= 11 is 0. The summed E-state index contributed by atoms with van der Waals surface area (Å²) in [4.78, 5) is 0. The van der Waals surface area contributed by atoms with E-state index in [-0.39, 0.29) is 6.10 Å². The molecule has 2 aromatic carbocycles. The van der Waals surface area contributed by atoms with Crippen molar-refractivity contribution in [2.24, 2.45) is 0 Å². The molecule has 17 heavy (non-hydrogen) atoms. The van der Waals surface area contributed by atoms with Gasteiger partial charge >= 0.3 is 0 Å². The fourth-order valence-corrected chi connectivity index (χ4v) is 2.09. The van der Waals surface area contributed by atoms with E-state index < -0.39 is 0 Å². The quantitative estimate of drug-likeness (QED) is 0.704. The topological polar surface area (TPSA) is 9.23 Å². The number of hydrogen-bond donors (Lipinski definition) is 0. The van der Waals surface area contributed by atoms with Crippen LogP contribution in [0.1, 0.15) is 22.8 Å². The lowest BCUT2D eigenvalue weighted by Gasteiger charge is -2.22. The SMILES string of the molecule is Cc1ccc2c(c1)C=CC(c1ccccc1)O2. The van der Waals surface area contributed by atoms with Crippen molar-refractivity contribution >= 4 is 6.08 Å². The average Bonchev–Trinajstić information content (AvgIpc) is 2.39. The number of benzene rings is 2. The van der Waals surface area contributed by atoms with Crippen LogP contribution in [-0.4, -0.2) is 0 Å². The van der Waals surface area contributed by atoms with Crippen molar-refractivity contribution in [1.82, 2.24) is 0 Å². The van der Waals surface area contributed by atoms with Gasteiger partial charge in [-0.3, -0.25) is 0 Å². The van der Waals surface area contributed by atoms with Crippen LogP contribution in [0.4, 0.5) is 0 Å². The van der Waals surface area contributed by atoms with Crippen LogP contribution in [-0.2, 0) is 0 Å². The van der Waals surface area contributed by atoms with Crippen LogP contribution in [0.25, 0.3) is 6.08 Å². The highest BCUT2D eigenvalue weighted by Gasteiger charge is 2.15. The van der Waals surface area contributed by atoms with E-state index in [0.717, 1.165) is 11.3 Å². The summed E-state index contributed by atoms with van der Waals surface area (Å²) in [6.07, 6.45) is 4.28. The summed E-state index contributed by atoms with van der Waals surface area (Å²) in [5, 5.41) is 0. The molecule has 3 rings (SSSR count).